The molecule has 1 aromatic rings. The van der Waals surface area contributed by atoms with Crippen LogP contribution >= 0.6 is 0 Å². The number of piperidine rings is 1. The Morgan fingerprint density at radius 1 is 1.53 bits per heavy atom. The van der Waals surface area contributed by atoms with E-state index in [1.54, 1.807) is 0 Å². The lowest BCUT2D eigenvalue weighted by Crippen LogP contribution is -2.43. The summed E-state index contributed by atoms with van der Waals surface area (Å²) in [5, 5.41) is 21.2. The van der Waals surface area contributed by atoms with Crippen molar-refractivity contribution in [3.8, 4) is 0 Å². The summed E-state index contributed by atoms with van der Waals surface area (Å²) in [5.41, 5.74) is 0.625. The van der Waals surface area contributed by atoms with E-state index in [0.717, 1.165) is 4.73 Å². The van der Waals surface area contributed by atoms with E-state index in [4.69, 9.17) is 5.11 Å². The second-order valence-corrected chi connectivity index (χ2v) is 4.22. The predicted molar refractivity (Wildman–Crippen MR) is 54.9 cm³/mol. The van der Waals surface area contributed by atoms with E-state index in [2.05, 4.69) is 5.32 Å². The van der Waals surface area contributed by atoms with Crippen LogP contribution in [0.3, 0.4) is 0 Å². The third-order valence-electron chi connectivity index (χ3n) is 3.09. The summed E-state index contributed by atoms with van der Waals surface area (Å²) in [4.78, 5) is 0. The number of rotatable bonds is 2. The Labute approximate surface area is 97.5 Å². The highest BCUT2D eigenvalue weighted by atomic mass is 19.3. The molecule has 1 aromatic heterocycles. The van der Waals surface area contributed by atoms with E-state index in [9.17, 15) is 14.0 Å². The Bertz CT molecular complexity index is 412. The number of hydrogen-bond acceptors (Lipinski definition) is 3. The Kier molecular flexibility index (Phi) is 3.26. The van der Waals surface area contributed by atoms with Crippen LogP contribution in [0.5, 0.6) is 0 Å². The minimum Gasteiger partial charge on any atom is -0.385 e. The van der Waals surface area contributed by atoms with Crippen molar-refractivity contribution in [3.05, 3.63) is 29.6 Å². The van der Waals surface area contributed by atoms with E-state index < -0.39 is 18.4 Å². The monoisotopic (exact) mass is 245 g/mol. The molecule has 17 heavy (non-hydrogen) atoms. The maximum absolute atomic E-state index is 13.7. The van der Waals surface area contributed by atoms with Gasteiger partial charge in [0.1, 0.15) is 6.61 Å². The topological polar surface area (TPSA) is 56.4 Å². The first-order valence-electron chi connectivity index (χ1n) is 5.48. The Morgan fingerprint density at radius 2 is 2.29 bits per heavy atom. The molecule has 0 radical (unpaired) electrons. The molecule has 0 saturated carbocycles. The maximum atomic E-state index is 13.7. The smallest absolute Gasteiger partial charge is 0.259 e. The SMILES string of the molecule is OCc1cc(C2CNCCC2(F)F)cc[n+]1O. The Balaban J connectivity index is 2.32. The average molecular weight is 245 g/mol. The van der Waals surface area contributed by atoms with Gasteiger partial charge in [-0.1, -0.05) is 0 Å². The van der Waals surface area contributed by atoms with Crippen molar-refractivity contribution in [2.24, 2.45) is 0 Å². The van der Waals surface area contributed by atoms with E-state index in [1.807, 2.05) is 0 Å². The number of alkyl halides is 2. The number of hydrogen-bond donors (Lipinski definition) is 3. The van der Waals surface area contributed by atoms with Crippen LogP contribution in [0.1, 0.15) is 23.6 Å². The predicted octanol–water partition coefficient (Wildman–Crippen LogP) is 0.416. The standard InChI is InChI=1S/C11H15F2N2O2/c12-11(13)2-3-14-6-10(11)8-1-4-15(17)9(5-8)7-16/h1,4-5,10,14,16-17H,2-3,6-7H2/q+1. The van der Waals surface area contributed by atoms with Gasteiger partial charge in [0.2, 0.25) is 6.20 Å². The number of pyridine rings is 1. The second kappa shape index (κ2) is 4.54. The van der Waals surface area contributed by atoms with Gasteiger partial charge in [-0.2, -0.15) is 0 Å². The van der Waals surface area contributed by atoms with Crippen molar-refractivity contribution in [2.75, 3.05) is 13.1 Å². The van der Waals surface area contributed by atoms with Crippen LogP contribution in [0.25, 0.3) is 0 Å². The van der Waals surface area contributed by atoms with Crippen LogP contribution in [0.2, 0.25) is 0 Å². The minimum absolute atomic E-state index is 0.194. The molecule has 0 aliphatic carbocycles. The molecule has 6 heteroatoms. The molecule has 1 fully saturated rings. The first-order chi connectivity index (χ1) is 8.04. The fourth-order valence-corrected chi connectivity index (χ4v) is 2.08. The summed E-state index contributed by atoms with van der Waals surface area (Å²) in [7, 11) is 0. The van der Waals surface area contributed by atoms with Crippen molar-refractivity contribution in [2.45, 2.75) is 24.9 Å². The third kappa shape index (κ3) is 2.37. The third-order valence-corrected chi connectivity index (χ3v) is 3.09. The number of nitrogens with one attached hydrogen (secondary N) is 1. The molecule has 1 aliphatic rings. The average Bonchev–Trinajstić information content (AvgIpc) is 2.30. The second-order valence-electron chi connectivity index (χ2n) is 4.22. The zero-order valence-corrected chi connectivity index (χ0v) is 9.24. The normalized spacial score (nSPS) is 23.6. The molecule has 0 bridgehead atoms. The number of aromatic nitrogens is 1. The van der Waals surface area contributed by atoms with Gasteiger partial charge in [-0.3, -0.25) is 5.21 Å². The van der Waals surface area contributed by atoms with Crippen molar-refractivity contribution in [1.29, 1.82) is 0 Å². The number of nitrogens with zero attached hydrogens (tertiary/aromatic N) is 1. The molecule has 1 atom stereocenters. The molecule has 0 amide bonds. The fraction of sp³-hybridized carbons (Fsp3) is 0.545. The van der Waals surface area contributed by atoms with E-state index in [-0.39, 0.29) is 18.7 Å². The molecule has 2 rings (SSSR count). The molecule has 4 nitrogen and oxygen atoms in total. The van der Waals surface area contributed by atoms with Crippen LogP contribution in [-0.2, 0) is 6.61 Å². The minimum atomic E-state index is -2.75. The summed E-state index contributed by atoms with van der Waals surface area (Å²) >= 11 is 0. The molecule has 2 heterocycles. The van der Waals surface area contributed by atoms with Gasteiger partial charge < -0.3 is 10.4 Å². The molecule has 1 saturated heterocycles. The van der Waals surface area contributed by atoms with Gasteiger partial charge in [-0.15, -0.1) is 0 Å². The van der Waals surface area contributed by atoms with Crippen molar-refractivity contribution < 1.29 is 23.8 Å². The number of halogens is 2. The van der Waals surface area contributed by atoms with E-state index >= 15 is 0 Å². The highest BCUT2D eigenvalue weighted by Crippen LogP contribution is 2.37. The van der Waals surface area contributed by atoms with Crippen LogP contribution in [0.15, 0.2) is 18.3 Å². The van der Waals surface area contributed by atoms with Crippen molar-refractivity contribution >= 4 is 0 Å². The summed E-state index contributed by atoms with van der Waals surface area (Å²) in [6.45, 7) is 0.118. The van der Waals surface area contributed by atoms with Gasteiger partial charge in [0.05, 0.1) is 5.92 Å². The van der Waals surface area contributed by atoms with Gasteiger partial charge in [0, 0.05) is 36.4 Å². The summed E-state index contributed by atoms with van der Waals surface area (Å²) in [5.74, 6) is -3.66. The molecular weight excluding hydrogens is 230 g/mol. The van der Waals surface area contributed by atoms with Crippen LogP contribution in [0.4, 0.5) is 8.78 Å². The maximum Gasteiger partial charge on any atom is 0.259 e. The molecule has 94 valence electrons. The number of aliphatic hydroxyl groups excluding tert-OH is 1. The zero-order chi connectivity index (χ0) is 12.5. The lowest BCUT2D eigenvalue weighted by atomic mass is 9.88. The first-order valence-corrected chi connectivity index (χ1v) is 5.48. The van der Waals surface area contributed by atoms with Crippen LogP contribution < -0.4 is 10.0 Å². The van der Waals surface area contributed by atoms with E-state index in [1.165, 1.54) is 18.3 Å². The molecule has 1 unspecified atom stereocenters. The Morgan fingerprint density at radius 3 is 2.94 bits per heavy atom. The van der Waals surface area contributed by atoms with Crippen molar-refractivity contribution in [1.82, 2.24) is 5.32 Å². The zero-order valence-electron chi connectivity index (χ0n) is 9.24. The molecule has 0 spiro atoms. The first kappa shape index (κ1) is 12.2. The molecular formula is C11H15F2N2O2+. The fourth-order valence-electron chi connectivity index (χ4n) is 2.08. The van der Waals surface area contributed by atoms with E-state index in [0.29, 0.717) is 12.1 Å². The Hall–Kier alpha value is -1.27. The molecule has 0 aromatic carbocycles. The van der Waals surface area contributed by atoms with Gasteiger partial charge in [-0.25, -0.2) is 8.78 Å². The number of aliphatic hydroxyl groups is 1. The summed E-state index contributed by atoms with van der Waals surface area (Å²) < 4.78 is 28.2. The summed E-state index contributed by atoms with van der Waals surface area (Å²) in [6, 6.07) is 2.86. The highest BCUT2D eigenvalue weighted by molar-refractivity contribution is 5.22. The van der Waals surface area contributed by atoms with Gasteiger partial charge in [0.25, 0.3) is 11.6 Å². The highest BCUT2D eigenvalue weighted by Gasteiger charge is 2.42. The van der Waals surface area contributed by atoms with Crippen LogP contribution in [0, 0.1) is 0 Å². The van der Waals surface area contributed by atoms with Crippen molar-refractivity contribution in [3.63, 3.8) is 0 Å². The molecule has 1 aliphatic heterocycles. The lowest BCUT2D eigenvalue weighted by Gasteiger charge is -2.31. The molecule has 3 N–H and O–H groups in total. The van der Waals surface area contributed by atoms with Gasteiger partial charge in [0.15, 0.2) is 0 Å². The summed E-state index contributed by atoms with van der Waals surface area (Å²) in [6.07, 6.45) is 1.08. The van der Waals surface area contributed by atoms with Gasteiger partial charge >= 0.3 is 0 Å². The largest absolute Gasteiger partial charge is 0.385 e. The van der Waals surface area contributed by atoms with Crippen LogP contribution in [-0.4, -0.2) is 29.3 Å². The quantitative estimate of drug-likeness (QED) is 0.522. The lowest BCUT2D eigenvalue weighted by molar-refractivity contribution is -0.910. The van der Waals surface area contributed by atoms with Gasteiger partial charge in [-0.05, 0) is 5.56 Å².